The number of esters is 2. The first-order valence-electron chi connectivity index (χ1n) is 18.7. The second kappa shape index (κ2) is 35.3. The first kappa shape index (κ1) is 46.5. The molecule has 0 unspecified atom stereocenters. The largest absolute Gasteiger partial charge is 0.469 e. The highest BCUT2D eigenvalue weighted by Gasteiger charge is 2.22. The van der Waals surface area contributed by atoms with Gasteiger partial charge in [-0.05, 0) is 77.0 Å². The third-order valence-electron chi connectivity index (χ3n) is 7.46. The predicted molar refractivity (Wildman–Crippen MR) is 202 cm³/mol. The van der Waals surface area contributed by atoms with Gasteiger partial charge in [0.1, 0.15) is 6.61 Å². The molecule has 0 aliphatic rings. The van der Waals surface area contributed by atoms with E-state index in [0.29, 0.717) is 12.8 Å². The molecule has 0 aliphatic carbocycles. The molecule has 0 heterocycles. The summed E-state index contributed by atoms with van der Waals surface area (Å²) in [4.78, 5) is 42.7. The second-order valence-electron chi connectivity index (χ2n) is 12.2. The van der Waals surface area contributed by atoms with Gasteiger partial charge in [0.05, 0.1) is 6.61 Å². The molecule has 0 fully saturated rings. The molecule has 0 aromatic heterocycles. The zero-order chi connectivity index (χ0) is 36.1. The summed E-state index contributed by atoms with van der Waals surface area (Å²) < 4.78 is 26.2. The van der Waals surface area contributed by atoms with Crippen LogP contribution in [0.15, 0.2) is 72.9 Å². The summed E-state index contributed by atoms with van der Waals surface area (Å²) in [6.45, 7) is 3.48. The number of rotatable bonds is 33. The van der Waals surface area contributed by atoms with Crippen LogP contribution in [0, 0.1) is 0 Å². The Morgan fingerprint density at radius 3 is 1.55 bits per heavy atom. The van der Waals surface area contributed by atoms with Crippen molar-refractivity contribution in [3.8, 4) is 0 Å². The summed E-state index contributed by atoms with van der Waals surface area (Å²) in [6, 6.07) is 0. The fourth-order valence-corrected chi connectivity index (χ4v) is 5.06. The molecule has 1 atom stereocenters. The van der Waals surface area contributed by atoms with Crippen molar-refractivity contribution in [1.29, 1.82) is 0 Å². The van der Waals surface area contributed by atoms with Crippen molar-refractivity contribution in [2.24, 2.45) is 0 Å². The molecule has 280 valence electrons. The Morgan fingerprint density at radius 2 is 1.00 bits per heavy atom. The molecule has 0 saturated carbocycles. The molecular formula is C40H67O8P. The lowest BCUT2D eigenvalue weighted by molar-refractivity contribution is -0.161. The number of ether oxygens (including phenoxy) is 2. The van der Waals surface area contributed by atoms with E-state index in [9.17, 15) is 14.2 Å². The van der Waals surface area contributed by atoms with Crippen LogP contribution in [0.5, 0.6) is 0 Å². The molecule has 0 aromatic rings. The van der Waals surface area contributed by atoms with E-state index in [-0.39, 0.29) is 19.4 Å². The maximum Gasteiger partial charge on any atom is 0.469 e. The summed E-state index contributed by atoms with van der Waals surface area (Å²) in [7, 11) is -4.77. The van der Waals surface area contributed by atoms with E-state index in [2.05, 4.69) is 85.2 Å². The fraction of sp³-hybridized carbons (Fsp3) is 0.650. The van der Waals surface area contributed by atoms with Gasteiger partial charge < -0.3 is 19.3 Å². The summed E-state index contributed by atoms with van der Waals surface area (Å²) in [6.07, 6.45) is 44.8. The van der Waals surface area contributed by atoms with Crippen LogP contribution in [0.3, 0.4) is 0 Å². The molecule has 0 aromatic carbocycles. The Morgan fingerprint density at radius 1 is 0.551 bits per heavy atom. The highest BCUT2D eigenvalue weighted by Crippen LogP contribution is 2.35. The Balaban J connectivity index is 4.11. The summed E-state index contributed by atoms with van der Waals surface area (Å²) in [5, 5.41) is 0. The van der Waals surface area contributed by atoms with Crippen LogP contribution in [-0.4, -0.2) is 41.0 Å². The minimum atomic E-state index is -4.77. The van der Waals surface area contributed by atoms with Crippen LogP contribution in [0.4, 0.5) is 0 Å². The van der Waals surface area contributed by atoms with Crippen molar-refractivity contribution in [3.05, 3.63) is 72.9 Å². The van der Waals surface area contributed by atoms with Gasteiger partial charge in [-0.3, -0.25) is 14.1 Å². The summed E-state index contributed by atoms with van der Waals surface area (Å²) in [5.74, 6) is -0.970. The SMILES string of the molecule is CC/C=C/C/C=C/C/C=C/C/C=C/C/C=C/CCCC(=O)OC[C@H](COP(=O)(O)O)OC(=O)CCCCCCC/C=C/CCCCCCC. The first-order chi connectivity index (χ1) is 23.8. The zero-order valence-electron chi connectivity index (χ0n) is 30.6. The van der Waals surface area contributed by atoms with Crippen molar-refractivity contribution in [3.63, 3.8) is 0 Å². The summed E-state index contributed by atoms with van der Waals surface area (Å²) >= 11 is 0. The molecule has 8 nitrogen and oxygen atoms in total. The van der Waals surface area contributed by atoms with E-state index in [4.69, 9.17) is 19.3 Å². The highest BCUT2D eigenvalue weighted by molar-refractivity contribution is 7.46. The molecule has 0 amide bonds. The molecule has 0 radical (unpaired) electrons. The third kappa shape index (κ3) is 38.1. The normalized spacial score (nSPS) is 13.3. The summed E-state index contributed by atoms with van der Waals surface area (Å²) in [5.41, 5.74) is 0. The van der Waals surface area contributed by atoms with E-state index >= 15 is 0 Å². The lowest BCUT2D eigenvalue weighted by Gasteiger charge is -2.18. The molecule has 0 rings (SSSR count). The monoisotopic (exact) mass is 706 g/mol. The minimum absolute atomic E-state index is 0.184. The van der Waals surface area contributed by atoms with Crippen molar-refractivity contribution in [2.75, 3.05) is 13.2 Å². The van der Waals surface area contributed by atoms with Gasteiger partial charge in [-0.1, -0.05) is 132 Å². The number of carbonyl (C=O) groups excluding carboxylic acids is 2. The number of hydrogen-bond acceptors (Lipinski definition) is 6. The van der Waals surface area contributed by atoms with E-state index in [1.807, 2.05) is 6.08 Å². The zero-order valence-corrected chi connectivity index (χ0v) is 31.5. The van der Waals surface area contributed by atoms with Gasteiger partial charge in [-0.25, -0.2) is 4.57 Å². The first-order valence-corrected chi connectivity index (χ1v) is 20.3. The van der Waals surface area contributed by atoms with Crippen molar-refractivity contribution in [1.82, 2.24) is 0 Å². The van der Waals surface area contributed by atoms with Crippen LogP contribution >= 0.6 is 7.82 Å². The smallest absolute Gasteiger partial charge is 0.462 e. The number of allylic oxidation sites excluding steroid dienone is 12. The van der Waals surface area contributed by atoms with Gasteiger partial charge in [-0.15, -0.1) is 0 Å². The standard InChI is InChI=1S/C40H67O8P/c1-3-5-7-9-11-13-15-17-19-20-21-23-24-26-28-30-32-34-39(41)46-36-38(37-47-49(43,44)45)48-40(42)35-33-31-29-27-25-22-18-16-14-12-10-8-6-4-2/h5,7,11,13,16-19,21,23,26,28,38H,3-4,6,8-10,12,14-15,20,22,24-25,27,29-37H2,1-2H3,(H2,43,44,45)/b7-5+,13-11+,18-16+,19-17+,23-21+,28-26+/t38-/m1/s1. The van der Waals surface area contributed by atoms with Gasteiger partial charge >= 0.3 is 19.8 Å². The lowest BCUT2D eigenvalue weighted by Crippen LogP contribution is -2.29. The van der Waals surface area contributed by atoms with Crippen molar-refractivity contribution >= 4 is 19.8 Å². The van der Waals surface area contributed by atoms with Crippen LogP contribution in [0.25, 0.3) is 0 Å². The Kier molecular flexibility index (Phi) is 33.5. The van der Waals surface area contributed by atoms with Crippen LogP contribution in [0.1, 0.15) is 149 Å². The predicted octanol–water partition coefficient (Wildman–Crippen LogP) is 11.1. The molecule has 0 bridgehead atoms. The van der Waals surface area contributed by atoms with E-state index in [1.165, 1.54) is 32.1 Å². The molecule has 49 heavy (non-hydrogen) atoms. The van der Waals surface area contributed by atoms with Gasteiger partial charge in [0.15, 0.2) is 6.10 Å². The maximum atomic E-state index is 12.3. The third-order valence-corrected chi connectivity index (χ3v) is 7.94. The van der Waals surface area contributed by atoms with Crippen LogP contribution in [-0.2, 0) is 28.2 Å². The molecule has 2 N–H and O–H groups in total. The maximum absolute atomic E-state index is 12.3. The fourth-order valence-electron chi connectivity index (χ4n) is 4.70. The lowest BCUT2D eigenvalue weighted by atomic mass is 10.1. The van der Waals surface area contributed by atoms with E-state index < -0.39 is 32.5 Å². The quantitative estimate of drug-likeness (QED) is 0.0299. The van der Waals surface area contributed by atoms with E-state index in [1.54, 1.807) is 0 Å². The van der Waals surface area contributed by atoms with Crippen LogP contribution in [0.2, 0.25) is 0 Å². The average Bonchev–Trinajstić information content (AvgIpc) is 3.07. The number of hydrogen-bond donors (Lipinski definition) is 2. The van der Waals surface area contributed by atoms with Gasteiger partial charge in [0.2, 0.25) is 0 Å². The van der Waals surface area contributed by atoms with Gasteiger partial charge in [0.25, 0.3) is 0 Å². The van der Waals surface area contributed by atoms with Gasteiger partial charge in [0, 0.05) is 12.8 Å². The van der Waals surface area contributed by atoms with Crippen LogP contribution < -0.4 is 0 Å². The number of carbonyl (C=O) groups is 2. The topological polar surface area (TPSA) is 119 Å². The molecule has 9 heteroatoms. The van der Waals surface area contributed by atoms with Gasteiger partial charge in [-0.2, -0.15) is 0 Å². The number of phosphoric ester groups is 1. The minimum Gasteiger partial charge on any atom is -0.462 e. The molecule has 0 aliphatic heterocycles. The van der Waals surface area contributed by atoms with Crippen molar-refractivity contribution in [2.45, 2.75) is 155 Å². The molecule has 0 spiro atoms. The van der Waals surface area contributed by atoms with Crippen molar-refractivity contribution < 1.29 is 37.9 Å². The Labute approximate surface area is 298 Å². The number of phosphoric acid groups is 1. The Bertz CT molecular complexity index is 1020. The Hall–Kier alpha value is -2.51. The second-order valence-corrected chi connectivity index (χ2v) is 13.4. The average molecular weight is 707 g/mol. The highest BCUT2D eigenvalue weighted by atomic mass is 31.2. The van der Waals surface area contributed by atoms with E-state index in [0.717, 1.165) is 77.0 Å². The molecular weight excluding hydrogens is 639 g/mol. The molecule has 0 saturated heterocycles. The number of unbranched alkanes of at least 4 members (excludes halogenated alkanes) is 11.